The summed E-state index contributed by atoms with van der Waals surface area (Å²) in [5.74, 6) is 0.842. The highest BCUT2D eigenvalue weighted by atomic mass is 127. The van der Waals surface area contributed by atoms with Crippen LogP contribution < -0.4 is 14.9 Å². The lowest BCUT2D eigenvalue weighted by molar-refractivity contribution is -0.384. The molecule has 3 aromatic rings. The number of hydrogen-bond donors (Lipinski definition) is 1. The first kappa shape index (κ1) is 24.6. The molecule has 8 nitrogen and oxygen atoms in total. The fourth-order valence-corrected chi connectivity index (χ4v) is 3.88. The number of hydrogen-bond acceptors (Lipinski definition) is 6. The number of carbonyl (C=O) groups is 1. The number of halogens is 2. The Morgan fingerprint density at radius 1 is 1.15 bits per heavy atom. The van der Waals surface area contributed by atoms with Gasteiger partial charge in [-0.3, -0.25) is 14.9 Å². The van der Waals surface area contributed by atoms with Crippen molar-refractivity contribution in [3.8, 4) is 11.5 Å². The van der Waals surface area contributed by atoms with Crippen molar-refractivity contribution in [3.63, 3.8) is 0 Å². The lowest BCUT2D eigenvalue weighted by Crippen LogP contribution is -2.19. The first-order chi connectivity index (χ1) is 15.9. The van der Waals surface area contributed by atoms with Gasteiger partial charge in [-0.1, -0.05) is 40.2 Å². The van der Waals surface area contributed by atoms with E-state index in [-0.39, 0.29) is 18.0 Å². The largest absolute Gasteiger partial charge is 0.493 e. The molecule has 0 aliphatic carbocycles. The van der Waals surface area contributed by atoms with Crippen LogP contribution in [-0.2, 0) is 17.8 Å². The number of nitrogens with zero attached hydrogens (tertiary/aromatic N) is 2. The van der Waals surface area contributed by atoms with Crippen LogP contribution >= 0.6 is 38.5 Å². The molecule has 1 amide bonds. The molecule has 0 spiro atoms. The molecule has 33 heavy (non-hydrogen) atoms. The predicted octanol–water partition coefficient (Wildman–Crippen LogP) is 5.24. The molecular formula is C23H19BrIN3O5. The first-order valence-corrected chi connectivity index (χ1v) is 11.5. The average molecular weight is 624 g/mol. The lowest BCUT2D eigenvalue weighted by Gasteiger charge is -2.13. The van der Waals surface area contributed by atoms with E-state index in [4.69, 9.17) is 9.47 Å². The van der Waals surface area contributed by atoms with E-state index in [0.29, 0.717) is 23.7 Å². The van der Waals surface area contributed by atoms with E-state index in [1.165, 1.54) is 18.3 Å². The third-order valence-electron chi connectivity index (χ3n) is 4.46. The van der Waals surface area contributed by atoms with E-state index >= 15 is 0 Å². The van der Waals surface area contributed by atoms with Gasteiger partial charge in [0, 0.05) is 16.6 Å². The molecule has 0 aliphatic rings. The van der Waals surface area contributed by atoms with E-state index < -0.39 is 4.92 Å². The molecule has 3 rings (SSSR count). The van der Waals surface area contributed by atoms with E-state index in [0.717, 1.165) is 19.2 Å². The van der Waals surface area contributed by atoms with Crippen LogP contribution in [0.15, 0.2) is 70.2 Å². The molecule has 0 saturated carbocycles. The van der Waals surface area contributed by atoms with Gasteiger partial charge in [0.2, 0.25) is 5.91 Å². The van der Waals surface area contributed by atoms with Crippen LogP contribution in [0.2, 0.25) is 0 Å². The second kappa shape index (κ2) is 11.8. The maximum Gasteiger partial charge on any atom is 0.269 e. The normalized spacial score (nSPS) is 10.8. The molecule has 0 heterocycles. The standard InChI is InChI=1S/C23H19BrIN3O5/c1-32-21-11-17(10-20(25)23(21)33-14-16-2-6-18(24)7-3-16)13-26-27-22(29)12-15-4-8-19(9-5-15)28(30)31/h2-11,13H,12,14H2,1H3,(H,27,29)/b26-13-. The molecule has 0 unspecified atom stereocenters. The predicted molar refractivity (Wildman–Crippen MR) is 137 cm³/mol. The Labute approximate surface area is 212 Å². The number of methoxy groups -OCH3 is 1. The maximum atomic E-state index is 12.1. The van der Waals surface area contributed by atoms with Crippen molar-refractivity contribution in [2.75, 3.05) is 7.11 Å². The number of hydrazone groups is 1. The number of non-ortho nitro benzene ring substituents is 1. The fraction of sp³-hybridized carbons (Fsp3) is 0.130. The summed E-state index contributed by atoms with van der Waals surface area (Å²) in [7, 11) is 1.56. The first-order valence-electron chi connectivity index (χ1n) is 9.65. The Morgan fingerprint density at radius 2 is 1.82 bits per heavy atom. The molecule has 3 aromatic carbocycles. The van der Waals surface area contributed by atoms with Crippen LogP contribution in [0, 0.1) is 13.7 Å². The number of benzene rings is 3. The minimum atomic E-state index is -0.485. The summed E-state index contributed by atoms with van der Waals surface area (Å²) in [6.45, 7) is 0.395. The van der Waals surface area contributed by atoms with Crippen LogP contribution in [0.3, 0.4) is 0 Å². The summed E-state index contributed by atoms with van der Waals surface area (Å²) in [5, 5.41) is 14.7. The van der Waals surface area contributed by atoms with Gasteiger partial charge < -0.3 is 9.47 Å². The van der Waals surface area contributed by atoms with E-state index in [1.807, 2.05) is 30.3 Å². The number of ether oxygens (including phenoxy) is 2. The van der Waals surface area contributed by atoms with Crippen LogP contribution in [0.25, 0.3) is 0 Å². The van der Waals surface area contributed by atoms with Gasteiger partial charge in [-0.05, 0) is 63.5 Å². The van der Waals surface area contributed by atoms with Crippen molar-refractivity contribution < 1.29 is 19.2 Å². The highest BCUT2D eigenvalue weighted by molar-refractivity contribution is 14.1. The molecule has 0 atom stereocenters. The Kier molecular flexibility index (Phi) is 8.78. The summed E-state index contributed by atoms with van der Waals surface area (Å²) >= 11 is 5.58. The zero-order valence-corrected chi connectivity index (χ0v) is 21.2. The summed E-state index contributed by atoms with van der Waals surface area (Å²) in [5.41, 5.74) is 4.83. The Bertz CT molecular complexity index is 1170. The zero-order chi connectivity index (χ0) is 23.8. The smallest absolute Gasteiger partial charge is 0.269 e. The number of carbonyl (C=O) groups excluding carboxylic acids is 1. The molecule has 0 fully saturated rings. The summed E-state index contributed by atoms with van der Waals surface area (Å²) < 4.78 is 13.3. The maximum absolute atomic E-state index is 12.1. The molecule has 0 bridgehead atoms. The van der Waals surface area contributed by atoms with Crippen molar-refractivity contribution >= 4 is 56.3 Å². The quantitative estimate of drug-likeness (QED) is 0.152. The average Bonchev–Trinajstić information content (AvgIpc) is 2.79. The van der Waals surface area contributed by atoms with E-state index in [2.05, 4.69) is 49.0 Å². The lowest BCUT2D eigenvalue weighted by atomic mass is 10.1. The molecule has 0 saturated heterocycles. The van der Waals surface area contributed by atoms with Crippen molar-refractivity contribution in [2.24, 2.45) is 5.10 Å². The topological polar surface area (TPSA) is 103 Å². The molecule has 10 heteroatoms. The minimum absolute atomic E-state index is 0.0232. The van der Waals surface area contributed by atoms with Gasteiger partial charge in [-0.15, -0.1) is 0 Å². The van der Waals surface area contributed by atoms with Crippen LogP contribution in [0.1, 0.15) is 16.7 Å². The minimum Gasteiger partial charge on any atom is -0.493 e. The van der Waals surface area contributed by atoms with Gasteiger partial charge in [0.25, 0.3) is 5.69 Å². The highest BCUT2D eigenvalue weighted by Crippen LogP contribution is 2.34. The number of rotatable bonds is 9. The molecule has 0 aliphatic heterocycles. The molecule has 0 radical (unpaired) electrons. The SMILES string of the molecule is COc1cc(/C=N\NC(=O)Cc2ccc([N+](=O)[O-])cc2)cc(I)c1OCc1ccc(Br)cc1. The third kappa shape index (κ3) is 7.26. The van der Waals surface area contributed by atoms with Crippen molar-refractivity contribution in [2.45, 2.75) is 13.0 Å². The summed E-state index contributed by atoms with van der Waals surface area (Å²) in [6.07, 6.45) is 1.57. The third-order valence-corrected chi connectivity index (χ3v) is 5.79. The highest BCUT2D eigenvalue weighted by Gasteiger charge is 2.12. The second-order valence-electron chi connectivity index (χ2n) is 6.84. The van der Waals surface area contributed by atoms with Crippen LogP contribution in [0.5, 0.6) is 11.5 Å². The van der Waals surface area contributed by atoms with E-state index in [9.17, 15) is 14.9 Å². The van der Waals surface area contributed by atoms with Crippen molar-refractivity contribution in [3.05, 3.63) is 95.5 Å². The Morgan fingerprint density at radius 3 is 2.45 bits per heavy atom. The number of nitrogens with one attached hydrogen (secondary N) is 1. The van der Waals surface area contributed by atoms with Gasteiger partial charge in [-0.2, -0.15) is 5.10 Å². The van der Waals surface area contributed by atoms with Gasteiger partial charge in [0.05, 0.1) is 28.2 Å². The van der Waals surface area contributed by atoms with Gasteiger partial charge in [0.1, 0.15) is 6.61 Å². The zero-order valence-electron chi connectivity index (χ0n) is 17.5. The molecule has 170 valence electrons. The summed E-state index contributed by atoms with van der Waals surface area (Å²) in [6, 6.07) is 17.3. The number of nitro groups is 1. The molecular weight excluding hydrogens is 605 g/mol. The van der Waals surface area contributed by atoms with Gasteiger partial charge in [-0.25, -0.2) is 5.43 Å². The molecule has 1 N–H and O–H groups in total. The van der Waals surface area contributed by atoms with E-state index in [1.54, 1.807) is 25.3 Å². The second-order valence-corrected chi connectivity index (χ2v) is 8.92. The Balaban J connectivity index is 1.60. The van der Waals surface area contributed by atoms with Gasteiger partial charge >= 0.3 is 0 Å². The van der Waals surface area contributed by atoms with Crippen molar-refractivity contribution in [1.29, 1.82) is 0 Å². The number of nitro benzene ring substituents is 1. The molecule has 0 aromatic heterocycles. The fourth-order valence-electron chi connectivity index (χ4n) is 2.83. The van der Waals surface area contributed by atoms with Crippen LogP contribution in [0.4, 0.5) is 5.69 Å². The Hall–Kier alpha value is -2.99. The van der Waals surface area contributed by atoms with Crippen molar-refractivity contribution in [1.82, 2.24) is 5.43 Å². The summed E-state index contributed by atoms with van der Waals surface area (Å²) in [4.78, 5) is 22.3. The monoisotopic (exact) mass is 623 g/mol. The number of amides is 1. The van der Waals surface area contributed by atoms with Gasteiger partial charge in [0.15, 0.2) is 11.5 Å². The van der Waals surface area contributed by atoms with Crippen LogP contribution in [-0.4, -0.2) is 24.2 Å².